The zero-order chi connectivity index (χ0) is 14.5. The molecule has 2 aromatic rings. The van der Waals surface area contributed by atoms with Gasteiger partial charge < -0.3 is 15.8 Å². The van der Waals surface area contributed by atoms with Crippen LogP contribution >= 0.6 is 0 Å². The average Bonchev–Trinajstić information content (AvgIpc) is 2.44. The highest BCUT2D eigenvalue weighted by Gasteiger charge is 2.08. The van der Waals surface area contributed by atoms with Crippen LogP contribution in [0, 0.1) is 5.82 Å². The number of anilines is 3. The Morgan fingerprint density at radius 1 is 1.20 bits per heavy atom. The van der Waals surface area contributed by atoms with Crippen molar-refractivity contribution in [2.45, 2.75) is 19.8 Å². The predicted molar refractivity (Wildman–Crippen MR) is 81.1 cm³/mol. The van der Waals surface area contributed by atoms with Gasteiger partial charge in [0.2, 0.25) is 0 Å². The Balaban J connectivity index is 2.21. The molecule has 0 unspecified atom stereocenters. The number of ether oxygens (including phenoxy) is 1. The molecule has 20 heavy (non-hydrogen) atoms. The molecule has 0 atom stereocenters. The maximum atomic E-state index is 13.5. The third-order valence-electron chi connectivity index (χ3n) is 3.10. The number of aryl methyl sites for hydroxylation is 1. The molecule has 0 saturated heterocycles. The van der Waals surface area contributed by atoms with Crippen molar-refractivity contribution >= 4 is 17.1 Å². The van der Waals surface area contributed by atoms with E-state index in [1.165, 1.54) is 18.7 Å². The molecule has 3 nitrogen and oxygen atoms in total. The Morgan fingerprint density at radius 2 is 1.90 bits per heavy atom. The normalized spacial score (nSPS) is 10.3. The van der Waals surface area contributed by atoms with E-state index in [0.717, 1.165) is 18.5 Å². The number of nitrogens with one attached hydrogen (secondary N) is 1. The third kappa shape index (κ3) is 3.20. The van der Waals surface area contributed by atoms with Gasteiger partial charge >= 0.3 is 0 Å². The van der Waals surface area contributed by atoms with Crippen LogP contribution in [0.15, 0.2) is 36.4 Å². The fourth-order valence-electron chi connectivity index (χ4n) is 2.03. The molecule has 0 heterocycles. The number of hydrogen-bond donors (Lipinski definition) is 2. The molecule has 0 aliphatic rings. The molecule has 0 radical (unpaired) electrons. The molecule has 0 bridgehead atoms. The Morgan fingerprint density at radius 3 is 2.50 bits per heavy atom. The van der Waals surface area contributed by atoms with Gasteiger partial charge in [0.15, 0.2) is 11.6 Å². The zero-order valence-electron chi connectivity index (χ0n) is 11.7. The lowest BCUT2D eigenvalue weighted by Crippen LogP contribution is -1.99. The SMILES string of the molecule is CCCc1ccc(Nc2cc(OC)c(F)cc2N)cc1. The number of nitrogens with two attached hydrogens (primary N) is 1. The van der Waals surface area contributed by atoms with Crippen molar-refractivity contribution in [2.24, 2.45) is 0 Å². The van der Waals surface area contributed by atoms with Crippen molar-refractivity contribution in [3.8, 4) is 5.75 Å². The minimum absolute atomic E-state index is 0.171. The largest absolute Gasteiger partial charge is 0.494 e. The molecule has 106 valence electrons. The maximum absolute atomic E-state index is 13.5. The monoisotopic (exact) mass is 274 g/mol. The smallest absolute Gasteiger partial charge is 0.167 e. The summed E-state index contributed by atoms with van der Waals surface area (Å²) in [6.45, 7) is 2.15. The first kappa shape index (κ1) is 14.2. The van der Waals surface area contributed by atoms with Gasteiger partial charge in [-0.15, -0.1) is 0 Å². The minimum atomic E-state index is -0.464. The van der Waals surface area contributed by atoms with Gasteiger partial charge in [-0.3, -0.25) is 0 Å². The van der Waals surface area contributed by atoms with E-state index in [1.807, 2.05) is 12.1 Å². The first-order chi connectivity index (χ1) is 9.63. The summed E-state index contributed by atoms with van der Waals surface area (Å²) in [5.41, 5.74) is 8.99. The molecule has 2 rings (SSSR count). The van der Waals surface area contributed by atoms with E-state index >= 15 is 0 Å². The van der Waals surface area contributed by atoms with Crippen LogP contribution in [0.2, 0.25) is 0 Å². The van der Waals surface area contributed by atoms with Gasteiger partial charge in [-0.25, -0.2) is 4.39 Å². The van der Waals surface area contributed by atoms with Gasteiger partial charge in [0.05, 0.1) is 18.5 Å². The van der Waals surface area contributed by atoms with Crippen LogP contribution in [0.3, 0.4) is 0 Å². The summed E-state index contributed by atoms with van der Waals surface area (Å²) in [6.07, 6.45) is 2.18. The Kier molecular flexibility index (Phi) is 4.45. The second-order valence-corrected chi connectivity index (χ2v) is 4.65. The molecule has 0 aromatic heterocycles. The average molecular weight is 274 g/mol. The van der Waals surface area contributed by atoms with E-state index in [1.54, 1.807) is 6.07 Å². The molecule has 0 aliphatic carbocycles. The van der Waals surface area contributed by atoms with Crippen LogP contribution in [-0.2, 0) is 6.42 Å². The van der Waals surface area contributed by atoms with Crippen LogP contribution in [-0.4, -0.2) is 7.11 Å². The van der Waals surface area contributed by atoms with E-state index in [0.29, 0.717) is 11.4 Å². The third-order valence-corrected chi connectivity index (χ3v) is 3.10. The Bertz CT molecular complexity index is 582. The number of rotatable bonds is 5. The minimum Gasteiger partial charge on any atom is -0.494 e. The molecule has 0 amide bonds. The predicted octanol–water partition coefficient (Wildman–Crippen LogP) is 4.11. The van der Waals surface area contributed by atoms with Crippen LogP contribution in [0.25, 0.3) is 0 Å². The van der Waals surface area contributed by atoms with Crippen LogP contribution in [0.4, 0.5) is 21.5 Å². The molecule has 3 N–H and O–H groups in total. The summed E-state index contributed by atoms with van der Waals surface area (Å²) in [5, 5.41) is 3.17. The Hall–Kier alpha value is -2.23. The van der Waals surface area contributed by atoms with Gasteiger partial charge in [0.25, 0.3) is 0 Å². The van der Waals surface area contributed by atoms with E-state index in [-0.39, 0.29) is 5.75 Å². The van der Waals surface area contributed by atoms with Gasteiger partial charge in [0.1, 0.15) is 0 Å². The van der Waals surface area contributed by atoms with Gasteiger partial charge in [-0.1, -0.05) is 25.5 Å². The van der Waals surface area contributed by atoms with Crippen LogP contribution in [0.1, 0.15) is 18.9 Å². The summed E-state index contributed by atoms with van der Waals surface area (Å²) in [5.74, 6) is -0.293. The summed E-state index contributed by atoms with van der Waals surface area (Å²) in [7, 11) is 1.43. The second-order valence-electron chi connectivity index (χ2n) is 4.65. The fraction of sp³-hybridized carbons (Fsp3) is 0.250. The number of nitrogen functional groups attached to an aromatic ring is 1. The summed E-state index contributed by atoms with van der Waals surface area (Å²) >= 11 is 0. The molecule has 2 aromatic carbocycles. The second kappa shape index (κ2) is 6.28. The standard InChI is InChI=1S/C16H19FN2O/c1-3-4-11-5-7-12(8-6-11)19-15-10-16(20-2)13(17)9-14(15)18/h5-10,19H,3-4,18H2,1-2H3. The van der Waals surface area contributed by atoms with E-state index < -0.39 is 5.82 Å². The number of methoxy groups -OCH3 is 1. The lowest BCUT2D eigenvalue weighted by molar-refractivity contribution is 0.387. The number of hydrogen-bond acceptors (Lipinski definition) is 3. The highest BCUT2D eigenvalue weighted by Crippen LogP contribution is 2.30. The van der Waals surface area contributed by atoms with E-state index in [2.05, 4.69) is 24.4 Å². The maximum Gasteiger partial charge on any atom is 0.167 e. The van der Waals surface area contributed by atoms with Crippen molar-refractivity contribution < 1.29 is 9.13 Å². The van der Waals surface area contributed by atoms with Crippen molar-refractivity contribution in [1.29, 1.82) is 0 Å². The first-order valence-corrected chi connectivity index (χ1v) is 6.63. The lowest BCUT2D eigenvalue weighted by atomic mass is 10.1. The molecule has 0 aliphatic heterocycles. The number of halogens is 1. The van der Waals surface area contributed by atoms with Crippen molar-refractivity contribution in [3.63, 3.8) is 0 Å². The molecule has 0 saturated carbocycles. The van der Waals surface area contributed by atoms with E-state index in [9.17, 15) is 4.39 Å². The first-order valence-electron chi connectivity index (χ1n) is 6.63. The molecule has 4 heteroatoms. The number of benzene rings is 2. The molecular weight excluding hydrogens is 255 g/mol. The lowest BCUT2D eigenvalue weighted by Gasteiger charge is -2.12. The molecular formula is C16H19FN2O. The van der Waals surface area contributed by atoms with Crippen molar-refractivity contribution in [1.82, 2.24) is 0 Å². The van der Waals surface area contributed by atoms with Crippen LogP contribution < -0.4 is 15.8 Å². The van der Waals surface area contributed by atoms with E-state index in [4.69, 9.17) is 10.5 Å². The topological polar surface area (TPSA) is 47.3 Å². The highest BCUT2D eigenvalue weighted by molar-refractivity contribution is 5.74. The highest BCUT2D eigenvalue weighted by atomic mass is 19.1. The van der Waals surface area contributed by atoms with Crippen molar-refractivity contribution in [2.75, 3.05) is 18.2 Å². The fourth-order valence-corrected chi connectivity index (χ4v) is 2.03. The van der Waals surface area contributed by atoms with Crippen molar-refractivity contribution in [3.05, 3.63) is 47.8 Å². The molecule has 0 spiro atoms. The molecule has 0 fully saturated rings. The van der Waals surface area contributed by atoms with Gasteiger partial charge in [-0.05, 0) is 24.1 Å². The van der Waals surface area contributed by atoms with Gasteiger partial charge in [-0.2, -0.15) is 0 Å². The quantitative estimate of drug-likeness (QED) is 0.806. The summed E-state index contributed by atoms with van der Waals surface area (Å²) in [4.78, 5) is 0. The Labute approximate surface area is 118 Å². The zero-order valence-corrected chi connectivity index (χ0v) is 11.7. The van der Waals surface area contributed by atoms with Crippen LogP contribution in [0.5, 0.6) is 5.75 Å². The van der Waals surface area contributed by atoms with Gasteiger partial charge in [0, 0.05) is 17.8 Å². The summed E-state index contributed by atoms with van der Waals surface area (Å²) < 4.78 is 18.4. The summed E-state index contributed by atoms with van der Waals surface area (Å²) in [6, 6.07) is 10.9.